The van der Waals surface area contributed by atoms with Crippen molar-refractivity contribution >= 4 is 29.9 Å². The van der Waals surface area contributed by atoms with Crippen LogP contribution in [0.1, 0.15) is 18.8 Å². The fraction of sp³-hybridized carbons (Fsp3) is 0.222. The first-order valence-electron chi connectivity index (χ1n) is 4.17. The first-order valence-corrected chi connectivity index (χ1v) is 9.80. The summed E-state index contributed by atoms with van der Waals surface area (Å²) in [5.74, 6) is 0.733. The monoisotopic (exact) mass is 425 g/mol. The van der Waals surface area contributed by atoms with Crippen LogP contribution in [0.4, 0.5) is 0 Å². The number of aromatic amines is 1. The van der Waals surface area contributed by atoms with E-state index < -0.39 is 16.5 Å². The second kappa shape index (κ2) is 6.49. The van der Waals surface area contributed by atoms with E-state index in [4.69, 9.17) is 24.6 Å². The Bertz CT molecular complexity index is 383. The van der Waals surface area contributed by atoms with E-state index in [1.165, 1.54) is 0 Å². The molecular formula is C9H10Cl2N3Pt-. The summed E-state index contributed by atoms with van der Waals surface area (Å²) < 4.78 is 0. The second-order valence-corrected chi connectivity index (χ2v) is 6.19. The van der Waals surface area contributed by atoms with Crippen LogP contribution in [0.15, 0.2) is 24.3 Å². The standard InChI is InChI=1S/C9H10N3.2ClH.Pt/c1-6(10)9-11-7-4-2-3-5-8(7)12-9;;;/h2-6,10H,1H3,(H,11,12);2*1H;/q-1;;;+2/p-2. The van der Waals surface area contributed by atoms with Crippen molar-refractivity contribution in [2.24, 2.45) is 0 Å². The predicted molar refractivity (Wildman–Crippen MR) is 60.5 cm³/mol. The van der Waals surface area contributed by atoms with Crippen molar-refractivity contribution in [3.8, 4) is 0 Å². The van der Waals surface area contributed by atoms with Gasteiger partial charge in [0.15, 0.2) is 0 Å². The molecule has 2 N–H and O–H groups in total. The molecule has 2 aromatic rings. The van der Waals surface area contributed by atoms with Gasteiger partial charge < -0.3 is 10.7 Å². The van der Waals surface area contributed by atoms with Gasteiger partial charge in [-0.15, -0.1) is 0 Å². The first-order chi connectivity index (χ1) is 7.19. The van der Waals surface area contributed by atoms with Gasteiger partial charge in [0.2, 0.25) is 0 Å². The van der Waals surface area contributed by atoms with Gasteiger partial charge >= 0.3 is 35.3 Å². The van der Waals surface area contributed by atoms with E-state index in [1.807, 2.05) is 24.3 Å². The molecule has 0 spiro atoms. The summed E-state index contributed by atoms with van der Waals surface area (Å²) in [4.78, 5) is 7.37. The van der Waals surface area contributed by atoms with E-state index in [1.54, 1.807) is 6.92 Å². The fourth-order valence-electron chi connectivity index (χ4n) is 1.18. The van der Waals surface area contributed by atoms with Gasteiger partial charge in [-0.3, -0.25) is 0 Å². The fourth-order valence-corrected chi connectivity index (χ4v) is 1.18. The van der Waals surface area contributed by atoms with Crippen molar-refractivity contribution in [2.45, 2.75) is 13.0 Å². The van der Waals surface area contributed by atoms with E-state index >= 15 is 0 Å². The minimum absolute atomic E-state index is 0.280. The number of imidazole rings is 1. The summed E-state index contributed by atoms with van der Waals surface area (Å²) in [6, 6.07) is 7.53. The van der Waals surface area contributed by atoms with Crippen LogP contribution < -0.4 is 0 Å². The van der Waals surface area contributed by atoms with Gasteiger partial charge in [-0.25, -0.2) is 4.98 Å². The molecule has 6 heteroatoms. The Balaban J connectivity index is 0.000000337. The van der Waals surface area contributed by atoms with Gasteiger partial charge in [0.25, 0.3) is 0 Å². The van der Waals surface area contributed by atoms with Crippen LogP contribution in [0.3, 0.4) is 0 Å². The molecule has 1 aromatic heterocycles. The maximum absolute atomic E-state index is 7.46. The van der Waals surface area contributed by atoms with Gasteiger partial charge in [-0.05, 0) is 12.1 Å². The van der Waals surface area contributed by atoms with Gasteiger partial charge in [0.1, 0.15) is 0 Å². The number of benzene rings is 1. The van der Waals surface area contributed by atoms with E-state index in [9.17, 15) is 0 Å². The SMILES string of the molecule is CC([NH-])c1nc2ccccc2[nH]1.[Cl][Pt][Cl]. The molecule has 1 heterocycles. The molecule has 0 saturated heterocycles. The number of aromatic nitrogens is 2. The third-order valence-corrected chi connectivity index (χ3v) is 1.82. The van der Waals surface area contributed by atoms with Crippen molar-refractivity contribution in [1.82, 2.24) is 9.97 Å². The van der Waals surface area contributed by atoms with Crippen molar-refractivity contribution in [1.29, 1.82) is 0 Å². The second-order valence-electron chi connectivity index (χ2n) is 2.91. The molecule has 0 fully saturated rings. The summed E-state index contributed by atoms with van der Waals surface area (Å²) in [5.41, 5.74) is 9.40. The molecule has 1 unspecified atom stereocenters. The number of halogens is 2. The first kappa shape index (κ1) is 13.0. The Hall–Kier alpha value is -0.0817. The third kappa shape index (κ3) is 3.76. The van der Waals surface area contributed by atoms with Crippen molar-refractivity contribution < 1.29 is 16.5 Å². The zero-order valence-electron chi connectivity index (χ0n) is 7.91. The number of hydrogen-bond acceptors (Lipinski definition) is 1. The number of H-pyrrole nitrogens is 1. The van der Waals surface area contributed by atoms with Crippen LogP contribution in [0, 0.1) is 0 Å². The Kier molecular flexibility index (Phi) is 5.62. The molecule has 15 heavy (non-hydrogen) atoms. The molecule has 0 amide bonds. The van der Waals surface area contributed by atoms with E-state index in [0.29, 0.717) is 0 Å². The summed E-state index contributed by atoms with van der Waals surface area (Å²) in [7, 11) is 9.75. The van der Waals surface area contributed by atoms with Crippen molar-refractivity contribution in [3.63, 3.8) is 0 Å². The molecule has 0 saturated carbocycles. The Morgan fingerprint density at radius 3 is 2.53 bits per heavy atom. The Morgan fingerprint density at radius 2 is 2.00 bits per heavy atom. The van der Waals surface area contributed by atoms with Gasteiger partial charge in [-0.1, -0.05) is 25.1 Å². The minimum atomic E-state index is -0.472. The molecule has 1 atom stereocenters. The summed E-state index contributed by atoms with van der Waals surface area (Å²) in [6.45, 7) is 1.80. The van der Waals surface area contributed by atoms with Crippen molar-refractivity contribution in [2.75, 3.05) is 0 Å². The molecule has 0 aliphatic carbocycles. The molecule has 2 rings (SSSR count). The van der Waals surface area contributed by atoms with Crippen molar-refractivity contribution in [3.05, 3.63) is 35.8 Å². The number of rotatable bonds is 1. The summed E-state index contributed by atoms with van der Waals surface area (Å²) in [6.07, 6.45) is 0. The van der Waals surface area contributed by atoms with Crippen LogP contribution >= 0.6 is 18.8 Å². The molecule has 0 radical (unpaired) electrons. The average molecular weight is 426 g/mol. The zero-order chi connectivity index (χ0) is 11.3. The van der Waals surface area contributed by atoms with E-state index in [0.717, 1.165) is 16.9 Å². The number of fused-ring (bicyclic) bond motifs is 1. The Morgan fingerprint density at radius 1 is 1.40 bits per heavy atom. The molecule has 0 bridgehead atoms. The number of hydrogen-bond donors (Lipinski definition) is 1. The predicted octanol–water partition coefficient (Wildman–Crippen LogP) is 4.05. The van der Waals surface area contributed by atoms with Crippen LogP contribution in [0.5, 0.6) is 0 Å². The molecular weight excluding hydrogens is 416 g/mol. The molecule has 86 valence electrons. The Labute approximate surface area is 105 Å². The average Bonchev–Trinajstić information content (AvgIpc) is 2.62. The van der Waals surface area contributed by atoms with Gasteiger partial charge in [-0.2, -0.15) is 0 Å². The zero-order valence-corrected chi connectivity index (χ0v) is 11.7. The van der Waals surface area contributed by atoms with Gasteiger partial charge in [0.05, 0.1) is 16.9 Å². The van der Waals surface area contributed by atoms with E-state index in [2.05, 4.69) is 9.97 Å². The maximum atomic E-state index is 7.46. The van der Waals surface area contributed by atoms with Crippen LogP contribution in [-0.4, -0.2) is 9.97 Å². The summed E-state index contributed by atoms with van der Waals surface area (Å²) >= 11 is -0.472. The van der Waals surface area contributed by atoms with Gasteiger partial charge in [0, 0.05) is 0 Å². The molecule has 3 nitrogen and oxygen atoms in total. The summed E-state index contributed by atoms with van der Waals surface area (Å²) in [5, 5.41) is 0. The third-order valence-electron chi connectivity index (χ3n) is 1.82. The molecule has 1 aromatic carbocycles. The van der Waals surface area contributed by atoms with Crippen LogP contribution in [0.25, 0.3) is 16.8 Å². The number of nitrogens with one attached hydrogen (secondary N) is 2. The molecule has 0 aliphatic rings. The van der Waals surface area contributed by atoms with Crippen LogP contribution in [0.2, 0.25) is 0 Å². The number of nitrogens with zero attached hydrogens (tertiary/aromatic N) is 1. The number of para-hydroxylation sites is 2. The topological polar surface area (TPSA) is 52.5 Å². The quantitative estimate of drug-likeness (QED) is 0.735. The van der Waals surface area contributed by atoms with E-state index in [-0.39, 0.29) is 6.04 Å². The molecule has 0 aliphatic heterocycles. The van der Waals surface area contributed by atoms with Crippen LogP contribution in [-0.2, 0) is 16.5 Å². The normalized spacial score (nSPS) is 12.3.